The van der Waals surface area contributed by atoms with E-state index in [0.29, 0.717) is 17.4 Å². The number of benzene rings is 1. The van der Waals surface area contributed by atoms with Gasteiger partial charge in [-0.05, 0) is 61.4 Å². The molecule has 0 aliphatic heterocycles. The van der Waals surface area contributed by atoms with Crippen LogP contribution < -0.4 is 10.6 Å². The largest absolute Gasteiger partial charge is 0.366 e. The number of hydrogen-bond donors (Lipinski definition) is 2. The first kappa shape index (κ1) is 18.8. The Bertz CT molecular complexity index is 800. The van der Waals surface area contributed by atoms with Gasteiger partial charge in [-0.1, -0.05) is 26.0 Å². The van der Waals surface area contributed by atoms with E-state index >= 15 is 0 Å². The minimum absolute atomic E-state index is 0.0416. The van der Waals surface area contributed by atoms with Gasteiger partial charge in [0.1, 0.15) is 11.9 Å². The van der Waals surface area contributed by atoms with E-state index in [-0.39, 0.29) is 17.9 Å². The Morgan fingerprint density at radius 2 is 1.78 bits per heavy atom. The van der Waals surface area contributed by atoms with Gasteiger partial charge in [-0.15, -0.1) is 10.2 Å². The summed E-state index contributed by atoms with van der Waals surface area (Å²) in [5, 5.41) is 23.0. The van der Waals surface area contributed by atoms with E-state index in [2.05, 4.69) is 46.8 Å². The quantitative estimate of drug-likeness (QED) is 0.835. The second kappa shape index (κ2) is 8.63. The highest BCUT2D eigenvalue weighted by Crippen LogP contribution is 2.27. The predicted molar refractivity (Wildman–Crippen MR) is 105 cm³/mol. The molecule has 6 heteroatoms. The Morgan fingerprint density at radius 1 is 1.07 bits per heavy atom. The van der Waals surface area contributed by atoms with Gasteiger partial charge in [0.25, 0.3) is 0 Å². The molecule has 1 aromatic carbocycles. The molecule has 1 heterocycles. The summed E-state index contributed by atoms with van der Waals surface area (Å²) in [6.07, 6.45) is 3.51. The van der Waals surface area contributed by atoms with Crippen LogP contribution in [0.2, 0.25) is 0 Å². The van der Waals surface area contributed by atoms with Gasteiger partial charge in [0.05, 0.1) is 0 Å². The van der Waals surface area contributed by atoms with Crippen molar-refractivity contribution in [2.75, 3.05) is 10.6 Å². The number of carbonyl (C=O) groups excluding carboxylic acids is 1. The van der Waals surface area contributed by atoms with Crippen molar-refractivity contribution in [3.05, 3.63) is 47.7 Å². The van der Waals surface area contributed by atoms with Crippen LogP contribution in [0.25, 0.3) is 0 Å². The zero-order valence-corrected chi connectivity index (χ0v) is 15.8. The summed E-state index contributed by atoms with van der Waals surface area (Å²) in [6.45, 7) is 4.31. The van der Waals surface area contributed by atoms with E-state index in [9.17, 15) is 4.79 Å². The number of anilines is 2. The molecule has 0 radical (unpaired) electrons. The third kappa shape index (κ3) is 5.04. The fraction of sp³-hybridized carbons (Fsp3) is 0.429. The smallest absolute Gasteiger partial charge is 0.227 e. The number of nitriles is 1. The molecule has 0 bridgehead atoms. The second-order valence-electron chi connectivity index (χ2n) is 7.37. The zero-order chi connectivity index (χ0) is 19.2. The molecular formula is C21H25N5O. The number of amides is 1. The standard InChI is InChI=1S/C21H25N5O/c1-14(2)15-3-7-18(8-4-15)24-21(27)16-5-9-17(10-6-16)23-20-12-11-19(13-22)25-26-20/h3-4,7-8,11-12,14,16-17H,5-6,9-10H2,1-2H3,(H,23,26)(H,24,27). The van der Waals surface area contributed by atoms with Crippen LogP contribution in [-0.4, -0.2) is 22.1 Å². The van der Waals surface area contributed by atoms with Crippen LogP contribution in [0.5, 0.6) is 0 Å². The average Bonchev–Trinajstić information content (AvgIpc) is 2.69. The van der Waals surface area contributed by atoms with Crippen molar-refractivity contribution in [2.24, 2.45) is 5.92 Å². The van der Waals surface area contributed by atoms with Crippen molar-refractivity contribution in [1.29, 1.82) is 5.26 Å². The lowest BCUT2D eigenvalue weighted by Crippen LogP contribution is -2.32. The Hall–Kier alpha value is -2.94. The predicted octanol–water partition coefficient (Wildman–Crippen LogP) is 4.08. The first-order valence-corrected chi connectivity index (χ1v) is 9.46. The maximum Gasteiger partial charge on any atom is 0.227 e. The first-order valence-electron chi connectivity index (χ1n) is 9.46. The summed E-state index contributed by atoms with van der Waals surface area (Å²) < 4.78 is 0. The van der Waals surface area contributed by atoms with E-state index < -0.39 is 0 Å². The average molecular weight is 363 g/mol. The fourth-order valence-electron chi connectivity index (χ4n) is 3.37. The minimum Gasteiger partial charge on any atom is -0.366 e. The molecule has 1 amide bonds. The fourth-order valence-corrected chi connectivity index (χ4v) is 3.37. The van der Waals surface area contributed by atoms with Gasteiger partial charge in [0, 0.05) is 17.6 Å². The highest BCUT2D eigenvalue weighted by atomic mass is 16.1. The van der Waals surface area contributed by atoms with Gasteiger partial charge < -0.3 is 10.6 Å². The second-order valence-corrected chi connectivity index (χ2v) is 7.37. The summed E-state index contributed by atoms with van der Waals surface area (Å²) in [5.41, 5.74) is 2.44. The van der Waals surface area contributed by atoms with Crippen molar-refractivity contribution < 1.29 is 4.79 Å². The minimum atomic E-state index is 0.0416. The highest BCUT2D eigenvalue weighted by molar-refractivity contribution is 5.92. The van der Waals surface area contributed by atoms with Crippen LogP contribution in [0.1, 0.15) is 56.7 Å². The zero-order valence-electron chi connectivity index (χ0n) is 15.8. The van der Waals surface area contributed by atoms with Gasteiger partial charge in [-0.2, -0.15) is 5.26 Å². The van der Waals surface area contributed by atoms with Gasteiger partial charge in [-0.25, -0.2) is 0 Å². The molecular weight excluding hydrogens is 338 g/mol. The molecule has 2 aromatic rings. The molecule has 0 spiro atoms. The van der Waals surface area contributed by atoms with Gasteiger partial charge in [-0.3, -0.25) is 4.79 Å². The van der Waals surface area contributed by atoms with E-state index in [1.807, 2.05) is 18.2 Å². The highest BCUT2D eigenvalue weighted by Gasteiger charge is 2.26. The van der Waals surface area contributed by atoms with Crippen LogP contribution in [-0.2, 0) is 4.79 Å². The Morgan fingerprint density at radius 3 is 2.33 bits per heavy atom. The third-order valence-corrected chi connectivity index (χ3v) is 5.07. The van der Waals surface area contributed by atoms with E-state index in [1.54, 1.807) is 12.1 Å². The topological polar surface area (TPSA) is 90.7 Å². The van der Waals surface area contributed by atoms with Crippen molar-refractivity contribution in [1.82, 2.24) is 10.2 Å². The number of nitrogens with one attached hydrogen (secondary N) is 2. The van der Waals surface area contributed by atoms with Crippen LogP contribution in [0.4, 0.5) is 11.5 Å². The van der Waals surface area contributed by atoms with Gasteiger partial charge in [0.15, 0.2) is 5.69 Å². The first-order chi connectivity index (χ1) is 13.0. The lowest BCUT2D eigenvalue weighted by atomic mass is 9.85. The summed E-state index contributed by atoms with van der Waals surface area (Å²) >= 11 is 0. The van der Waals surface area contributed by atoms with E-state index in [0.717, 1.165) is 31.4 Å². The number of rotatable bonds is 5. The summed E-state index contributed by atoms with van der Waals surface area (Å²) in [4.78, 5) is 12.5. The van der Waals surface area contributed by atoms with Crippen LogP contribution in [0.3, 0.4) is 0 Å². The molecule has 1 saturated carbocycles. The van der Waals surface area contributed by atoms with Gasteiger partial charge >= 0.3 is 0 Å². The van der Waals surface area contributed by atoms with Crippen LogP contribution >= 0.6 is 0 Å². The number of carbonyl (C=O) groups is 1. The maximum absolute atomic E-state index is 12.5. The van der Waals surface area contributed by atoms with Crippen molar-refractivity contribution >= 4 is 17.4 Å². The molecule has 0 saturated heterocycles. The Kier molecular flexibility index (Phi) is 6.02. The van der Waals surface area contributed by atoms with Gasteiger partial charge in [0.2, 0.25) is 5.91 Å². The monoisotopic (exact) mass is 363 g/mol. The molecule has 0 atom stereocenters. The SMILES string of the molecule is CC(C)c1ccc(NC(=O)C2CCC(Nc3ccc(C#N)nn3)CC2)cc1. The summed E-state index contributed by atoms with van der Waals surface area (Å²) in [5.74, 6) is 1.30. The van der Waals surface area contributed by atoms with Crippen molar-refractivity contribution in [2.45, 2.75) is 51.5 Å². The molecule has 1 aromatic heterocycles. The molecule has 0 unspecified atom stereocenters. The Labute approximate surface area is 160 Å². The third-order valence-electron chi connectivity index (χ3n) is 5.07. The van der Waals surface area contributed by atoms with E-state index in [4.69, 9.17) is 5.26 Å². The summed E-state index contributed by atoms with van der Waals surface area (Å²) in [6, 6.07) is 13.7. The Balaban J connectivity index is 1.47. The molecule has 1 aliphatic rings. The molecule has 6 nitrogen and oxygen atoms in total. The number of hydrogen-bond acceptors (Lipinski definition) is 5. The van der Waals surface area contributed by atoms with Crippen LogP contribution in [0.15, 0.2) is 36.4 Å². The van der Waals surface area contributed by atoms with Crippen molar-refractivity contribution in [3.63, 3.8) is 0 Å². The van der Waals surface area contributed by atoms with E-state index in [1.165, 1.54) is 5.56 Å². The molecule has 27 heavy (non-hydrogen) atoms. The lowest BCUT2D eigenvalue weighted by molar-refractivity contribution is -0.120. The molecule has 3 rings (SSSR count). The maximum atomic E-state index is 12.5. The van der Waals surface area contributed by atoms with Crippen molar-refractivity contribution in [3.8, 4) is 6.07 Å². The van der Waals surface area contributed by atoms with Crippen LogP contribution in [0, 0.1) is 17.2 Å². The molecule has 2 N–H and O–H groups in total. The molecule has 1 fully saturated rings. The normalized spacial score (nSPS) is 19.3. The number of nitrogens with zero attached hydrogens (tertiary/aromatic N) is 3. The summed E-state index contributed by atoms with van der Waals surface area (Å²) in [7, 11) is 0. The molecule has 1 aliphatic carbocycles. The number of aromatic nitrogens is 2. The lowest BCUT2D eigenvalue weighted by Gasteiger charge is -2.28. The molecule has 140 valence electrons.